The van der Waals surface area contributed by atoms with Crippen molar-refractivity contribution in [1.29, 1.82) is 0 Å². The van der Waals surface area contributed by atoms with Crippen LogP contribution in [0, 0.1) is 13.8 Å². The summed E-state index contributed by atoms with van der Waals surface area (Å²) >= 11 is 0. The smallest absolute Gasteiger partial charge is 0.252 e. The van der Waals surface area contributed by atoms with Crippen LogP contribution >= 0.6 is 0 Å². The minimum atomic E-state index is -2.39. The number of nitrogens with zero attached hydrogens (tertiary/aromatic N) is 2. The average molecular weight is 908 g/mol. The molecule has 69 heavy (non-hydrogen) atoms. The van der Waals surface area contributed by atoms with Crippen molar-refractivity contribution in [2.75, 3.05) is 9.80 Å². The summed E-state index contributed by atoms with van der Waals surface area (Å²) in [6, 6.07) is 50.0. The van der Waals surface area contributed by atoms with E-state index in [1.807, 2.05) is 12.1 Å². The Morgan fingerprint density at radius 2 is 1.00 bits per heavy atom. The van der Waals surface area contributed by atoms with Crippen molar-refractivity contribution in [2.24, 2.45) is 0 Å². The second-order valence-corrected chi connectivity index (χ2v) is 25.5. The standard InChI is InChI=1S/C66H73BN2/c1-41-32-58-60-59(33-41)69(56-38-51-48(34-42(56)2)64(10,11)40-65(51,12)13)55-29-27-46(66(14,15)44-24-20-17-21-25-44)36-52(55)67(60)53-37-49-50(63(8,9)31-30-62(49,6)7)39-57(53)68(58)54-28-26-45(61(3,4)5)35-47(54)43-22-18-16-19-23-43/h16-29,32-39H,30-31,40H2,1-15H3/i1D3. The largest absolute Gasteiger partial charge is 0.311 e. The van der Waals surface area contributed by atoms with Crippen LogP contribution in [0.2, 0.25) is 0 Å². The Hall–Kier alpha value is -5.80. The first kappa shape index (κ1) is 42.1. The molecule has 350 valence electrons. The number of anilines is 6. The molecule has 0 bridgehead atoms. The first-order chi connectivity index (χ1) is 33.6. The number of aryl methyl sites for hydroxylation is 2. The van der Waals surface area contributed by atoms with E-state index in [0.717, 1.165) is 70.0 Å². The molecule has 0 unspecified atom stereocenters. The second kappa shape index (κ2) is 15.1. The van der Waals surface area contributed by atoms with Gasteiger partial charge in [0.2, 0.25) is 0 Å². The summed E-state index contributed by atoms with van der Waals surface area (Å²) in [5.74, 6) is 0. The third kappa shape index (κ3) is 7.02. The number of hydrogen-bond acceptors (Lipinski definition) is 2. The van der Waals surface area contributed by atoms with Crippen molar-refractivity contribution >= 4 is 57.2 Å². The Morgan fingerprint density at radius 1 is 0.478 bits per heavy atom. The van der Waals surface area contributed by atoms with Gasteiger partial charge in [-0.05, 0) is 175 Å². The van der Waals surface area contributed by atoms with E-state index < -0.39 is 6.85 Å². The molecular formula is C66H73BN2. The van der Waals surface area contributed by atoms with Crippen LogP contribution in [0.5, 0.6) is 0 Å². The molecule has 0 radical (unpaired) electrons. The van der Waals surface area contributed by atoms with Gasteiger partial charge >= 0.3 is 0 Å². The molecule has 2 nitrogen and oxygen atoms in total. The maximum atomic E-state index is 9.27. The predicted molar refractivity (Wildman–Crippen MR) is 299 cm³/mol. The van der Waals surface area contributed by atoms with Gasteiger partial charge in [-0.1, -0.05) is 181 Å². The monoisotopic (exact) mass is 908 g/mol. The van der Waals surface area contributed by atoms with E-state index in [1.54, 1.807) is 0 Å². The Kier molecular flexibility index (Phi) is 9.22. The fraction of sp³-hybridized carbons (Fsp3) is 0.364. The maximum absolute atomic E-state index is 9.27. The molecule has 0 N–H and O–H groups in total. The molecule has 2 heterocycles. The van der Waals surface area contributed by atoms with Gasteiger partial charge in [0, 0.05) is 43.5 Å². The summed E-state index contributed by atoms with van der Waals surface area (Å²) in [7, 11) is 0. The Bertz CT molecular complexity index is 3350. The van der Waals surface area contributed by atoms with Gasteiger partial charge in [-0.25, -0.2) is 0 Å². The molecule has 4 aliphatic rings. The van der Waals surface area contributed by atoms with E-state index in [-0.39, 0.29) is 39.2 Å². The molecule has 11 rings (SSSR count). The Labute approximate surface area is 419 Å². The average Bonchev–Trinajstić information content (AvgIpc) is 3.50. The molecule has 0 saturated heterocycles. The van der Waals surface area contributed by atoms with Crippen LogP contribution in [-0.2, 0) is 32.5 Å². The quantitative estimate of drug-likeness (QED) is 0.159. The van der Waals surface area contributed by atoms with E-state index in [4.69, 9.17) is 0 Å². The fourth-order valence-corrected chi connectivity index (χ4v) is 13.4. The highest BCUT2D eigenvalue weighted by molar-refractivity contribution is 7.00. The van der Waals surface area contributed by atoms with Gasteiger partial charge in [-0.3, -0.25) is 0 Å². The topological polar surface area (TPSA) is 6.48 Å². The molecule has 7 aromatic rings. The zero-order valence-electron chi connectivity index (χ0n) is 46.8. The highest BCUT2D eigenvalue weighted by atomic mass is 15.2. The minimum Gasteiger partial charge on any atom is -0.311 e. The molecule has 0 spiro atoms. The lowest BCUT2D eigenvalue weighted by molar-refractivity contribution is 0.332. The van der Waals surface area contributed by atoms with Crippen molar-refractivity contribution in [3.63, 3.8) is 0 Å². The Morgan fingerprint density at radius 3 is 1.62 bits per heavy atom. The van der Waals surface area contributed by atoms with Gasteiger partial charge in [-0.15, -0.1) is 0 Å². The molecule has 0 aromatic heterocycles. The second-order valence-electron chi connectivity index (χ2n) is 25.5. The normalized spacial score (nSPS) is 18.8. The fourth-order valence-electron chi connectivity index (χ4n) is 13.4. The molecule has 7 aromatic carbocycles. The number of benzene rings is 7. The van der Waals surface area contributed by atoms with Crippen LogP contribution in [0.4, 0.5) is 34.1 Å². The summed E-state index contributed by atoms with van der Waals surface area (Å²) in [6.07, 6.45) is 3.24. The Balaban J connectivity index is 1.31. The zero-order chi connectivity index (χ0) is 51.5. The zero-order valence-corrected chi connectivity index (χ0v) is 43.8. The SMILES string of the molecule is [2H]C([2H])([2H])c1cc2c3c(c1)N(c1ccc(C(C)(C)C)cc1-c1ccccc1)c1cc4c(cc1B3c1cc(C(C)(C)c3ccccc3)ccc1N2c1cc2c(cc1C)C(C)(C)CC2(C)C)C(C)(C)CCC4(C)C. The first-order valence-corrected chi connectivity index (χ1v) is 25.6. The van der Waals surface area contributed by atoms with Crippen molar-refractivity contribution in [2.45, 2.75) is 156 Å². The van der Waals surface area contributed by atoms with Crippen LogP contribution in [0.25, 0.3) is 11.1 Å². The number of fused-ring (bicyclic) bond motifs is 6. The summed E-state index contributed by atoms with van der Waals surface area (Å²) < 4.78 is 27.8. The third-order valence-corrected chi connectivity index (χ3v) is 17.4. The molecule has 0 saturated carbocycles. The molecule has 0 amide bonds. The summed E-state index contributed by atoms with van der Waals surface area (Å²) in [5.41, 5.74) is 22.4. The van der Waals surface area contributed by atoms with E-state index in [2.05, 4.69) is 228 Å². The van der Waals surface area contributed by atoms with Gasteiger partial charge in [-0.2, -0.15) is 0 Å². The van der Waals surface area contributed by atoms with Gasteiger partial charge < -0.3 is 9.80 Å². The molecule has 0 fully saturated rings. The van der Waals surface area contributed by atoms with Crippen molar-refractivity contribution in [1.82, 2.24) is 0 Å². The highest BCUT2D eigenvalue weighted by Gasteiger charge is 2.48. The highest BCUT2D eigenvalue weighted by Crippen LogP contribution is 2.55. The summed E-state index contributed by atoms with van der Waals surface area (Å²) in [4.78, 5) is 4.94. The molecule has 2 aliphatic heterocycles. The van der Waals surface area contributed by atoms with Crippen LogP contribution in [0.15, 0.2) is 133 Å². The third-order valence-electron chi connectivity index (χ3n) is 17.4. The van der Waals surface area contributed by atoms with Crippen LogP contribution in [-0.4, -0.2) is 6.71 Å². The van der Waals surface area contributed by atoms with Gasteiger partial charge in [0.25, 0.3) is 6.71 Å². The first-order valence-electron chi connectivity index (χ1n) is 27.1. The van der Waals surface area contributed by atoms with Crippen molar-refractivity contribution in [3.8, 4) is 11.1 Å². The number of hydrogen-bond donors (Lipinski definition) is 0. The lowest BCUT2D eigenvalue weighted by atomic mass is 9.33. The van der Waals surface area contributed by atoms with Crippen LogP contribution in [0.1, 0.15) is 163 Å². The number of rotatable bonds is 5. The van der Waals surface area contributed by atoms with Crippen LogP contribution < -0.4 is 26.2 Å². The summed E-state index contributed by atoms with van der Waals surface area (Å²) in [6.45, 7) is 30.5. The van der Waals surface area contributed by atoms with Gasteiger partial charge in [0.15, 0.2) is 0 Å². The van der Waals surface area contributed by atoms with Crippen LogP contribution in [0.3, 0.4) is 0 Å². The van der Waals surface area contributed by atoms with Gasteiger partial charge in [0.05, 0.1) is 5.69 Å². The van der Waals surface area contributed by atoms with Crippen molar-refractivity contribution in [3.05, 3.63) is 184 Å². The van der Waals surface area contributed by atoms with E-state index >= 15 is 0 Å². The molecule has 2 aliphatic carbocycles. The molecule has 0 atom stereocenters. The minimum absolute atomic E-state index is 0.0238. The lowest BCUT2D eigenvalue weighted by Gasteiger charge is -2.48. The molecular weight excluding hydrogens is 832 g/mol. The summed E-state index contributed by atoms with van der Waals surface area (Å²) in [5, 5.41) is 0. The van der Waals surface area contributed by atoms with E-state index in [0.29, 0.717) is 5.56 Å². The van der Waals surface area contributed by atoms with Crippen molar-refractivity contribution < 1.29 is 4.11 Å². The van der Waals surface area contributed by atoms with E-state index in [9.17, 15) is 4.11 Å². The molecule has 3 heteroatoms. The lowest BCUT2D eigenvalue weighted by Crippen LogP contribution is -2.62. The van der Waals surface area contributed by atoms with Gasteiger partial charge in [0.1, 0.15) is 0 Å². The maximum Gasteiger partial charge on any atom is 0.252 e. The predicted octanol–water partition coefficient (Wildman–Crippen LogP) is 16.0. The van der Waals surface area contributed by atoms with E-state index in [1.165, 1.54) is 55.4 Å².